The summed E-state index contributed by atoms with van der Waals surface area (Å²) >= 11 is 3.07. The monoisotopic (exact) mass is 320 g/mol. The number of hydrogen-bond acceptors (Lipinski definition) is 6. The summed E-state index contributed by atoms with van der Waals surface area (Å²) in [4.78, 5) is 22.6. The van der Waals surface area contributed by atoms with Gasteiger partial charge in [-0.2, -0.15) is 5.26 Å². The second kappa shape index (κ2) is 5.62. The average molecular weight is 320 g/mol. The minimum atomic E-state index is 0.0768. The maximum Gasteiger partial charge on any atom is 0.264 e. The van der Waals surface area contributed by atoms with Crippen molar-refractivity contribution in [2.75, 3.05) is 32.1 Å². The predicted octanol–water partition coefficient (Wildman–Crippen LogP) is 2.80. The lowest BCUT2D eigenvalue weighted by Gasteiger charge is -2.28. The molecule has 5 nitrogen and oxygen atoms in total. The first-order chi connectivity index (χ1) is 10.1. The molecule has 2 aromatic rings. The topological polar surface area (TPSA) is 60.2 Å². The normalized spacial score (nSPS) is 16.1. The predicted molar refractivity (Wildman–Crippen MR) is 86.1 cm³/mol. The molecule has 110 valence electrons. The Kier molecular flexibility index (Phi) is 3.83. The molecular formula is C14H16N4OS2. The molecule has 0 spiro atoms. The van der Waals surface area contributed by atoms with E-state index in [0.29, 0.717) is 13.1 Å². The maximum absolute atomic E-state index is 12.5. The number of nitrogens with zero attached hydrogens (tertiary/aromatic N) is 4. The number of thiophene rings is 1. The number of anilines is 1. The largest absolute Gasteiger partial charge is 0.354 e. The first kappa shape index (κ1) is 14.3. The van der Waals surface area contributed by atoms with Gasteiger partial charge in [0.15, 0.2) is 5.13 Å². The van der Waals surface area contributed by atoms with Crippen molar-refractivity contribution in [2.45, 2.75) is 12.8 Å². The van der Waals surface area contributed by atoms with Crippen LogP contribution >= 0.6 is 22.7 Å². The molecule has 0 saturated carbocycles. The Morgan fingerprint density at radius 2 is 2.14 bits per heavy atom. The Bertz CT molecular complexity index is 673. The molecule has 0 N–H and O–H groups in total. The van der Waals surface area contributed by atoms with Gasteiger partial charge in [-0.15, -0.1) is 11.3 Å². The molecule has 21 heavy (non-hydrogen) atoms. The van der Waals surface area contributed by atoms with Crippen molar-refractivity contribution in [1.29, 1.82) is 5.26 Å². The number of piperidine rings is 1. The van der Waals surface area contributed by atoms with Crippen molar-refractivity contribution in [1.82, 2.24) is 9.88 Å². The molecule has 0 unspecified atom stereocenters. The van der Waals surface area contributed by atoms with E-state index in [1.54, 1.807) is 11.3 Å². The summed E-state index contributed by atoms with van der Waals surface area (Å²) < 4.78 is 1.07. The number of thiazole rings is 1. The molecule has 0 aromatic carbocycles. The van der Waals surface area contributed by atoms with Crippen molar-refractivity contribution >= 4 is 43.2 Å². The fourth-order valence-corrected chi connectivity index (χ4v) is 4.49. The van der Waals surface area contributed by atoms with E-state index in [4.69, 9.17) is 5.26 Å². The van der Waals surface area contributed by atoms with E-state index in [-0.39, 0.29) is 11.8 Å². The summed E-state index contributed by atoms with van der Waals surface area (Å²) in [7, 11) is 3.93. The van der Waals surface area contributed by atoms with Gasteiger partial charge in [-0.05, 0) is 18.9 Å². The van der Waals surface area contributed by atoms with Gasteiger partial charge in [-0.1, -0.05) is 11.3 Å². The summed E-state index contributed by atoms with van der Waals surface area (Å²) in [5.74, 6) is 0.179. The van der Waals surface area contributed by atoms with E-state index in [1.165, 1.54) is 11.3 Å². The van der Waals surface area contributed by atoms with Gasteiger partial charge in [-0.25, -0.2) is 4.98 Å². The fraction of sp³-hybridized carbons (Fsp3) is 0.500. The number of fused-ring (bicyclic) bond motifs is 1. The maximum atomic E-state index is 12.5. The summed E-state index contributed by atoms with van der Waals surface area (Å²) in [6.45, 7) is 1.36. The second-order valence-corrected chi connectivity index (χ2v) is 7.41. The smallest absolute Gasteiger partial charge is 0.264 e. The molecule has 1 aliphatic rings. The number of carbonyl (C=O) groups excluding carboxylic acids is 1. The Hall–Kier alpha value is -1.65. The van der Waals surface area contributed by atoms with E-state index in [1.807, 2.05) is 30.0 Å². The Balaban J connectivity index is 1.76. The first-order valence-electron chi connectivity index (χ1n) is 6.85. The molecule has 0 radical (unpaired) electrons. The highest BCUT2D eigenvalue weighted by Gasteiger charge is 2.25. The minimum absolute atomic E-state index is 0.0768. The molecule has 3 rings (SSSR count). The van der Waals surface area contributed by atoms with E-state index in [2.05, 4.69) is 11.1 Å². The Labute approximate surface area is 131 Å². The Morgan fingerprint density at radius 3 is 2.71 bits per heavy atom. The van der Waals surface area contributed by atoms with Gasteiger partial charge < -0.3 is 9.80 Å². The molecule has 1 saturated heterocycles. The molecule has 1 aliphatic heterocycles. The number of likely N-dealkylation sites (tertiary alicyclic amines) is 1. The number of carbonyl (C=O) groups is 1. The zero-order chi connectivity index (χ0) is 15.0. The molecule has 2 aromatic heterocycles. The molecule has 7 heteroatoms. The summed E-state index contributed by atoms with van der Waals surface area (Å²) in [6, 6.07) is 4.24. The highest BCUT2D eigenvalue weighted by atomic mass is 32.1. The zero-order valence-corrected chi connectivity index (χ0v) is 13.6. The number of nitriles is 1. The van der Waals surface area contributed by atoms with Crippen molar-refractivity contribution < 1.29 is 4.79 Å². The van der Waals surface area contributed by atoms with Crippen LogP contribution in [0, 0.1) is 17.2 Å². The third-order valence-corrected chi connectivity index (χ3v) is 5.95. The Morgan fingerprint density at radius 1 is 1.43 bits per heavy atom. The van der Waals surface area contributed by atoms with Crippen LogP contribution in [0.15, 0.2) is 6.07 Å². The fourth-order valence-electron chi connectivity index (χ4n) is 2.39. The van der Waals surface area contributed by atoms with Crippen molar-refractivity contribution in [3.8, 4) is 6.07 Å². The highest BCUT2D eigenvalue weighted by molar-refractivity contribution is 7.29. The standard InChI is InChI=1S/C14H16N4OS2/c1-17(2)14-16-12-10(21-14)7-11(20-12)13(19)18-5-3-9(8-15)4-6-18/h7,9H,3-6H2,1-2H3. The van der Waals surface area contributed by atoms with E-state index >= 15 is 0 Å². The van der Waals surface area contributed by atoms with Gasteiger partial charge >= 0.3 is 0 Å². The van der Waals surface area contributed by atoms with Gasteiger partial charge in [0.25, 0.3) is 5.91 Å². The molecule has 0 atom stereocenters. The van der Waals surface area contributed by atoms with Crippen LogP contribution in [0.4, 0.5) is 5.13 Å². The lowest BCUT2D eigenvalue weighted by atomic mass is 9.98. The molecule has 3 heterocycles. The van der Waals surface area contributed by atoms with E-state index in [0.717, 1.165) is 32.4 Å². The van der Waals surface area contributed by atoms with Gasteiger partial charge in [0.1, 0.15) is 4.83 Å². The lowest BCUT2D eigenvalue weighted by Crippen LogP contribution is -2.37. The second-order valence-electron chi connectivity index (χ2n) is 5.37. The van der Waals surface area contributed by atoms with Gasteiger partial charge in [0, 0.05) is 33.1 Å². The van der Waals surface area contributed by atoms with Crippen LogP contribution in [0.25, 0.3) is 9.53 Å². The van der Waals surface area contributed by atoms with Crippen LogP contribution in [0.2, 0.25) is 0 Å². The lowest BCUT2D eigenvalue weighted by molar-refractivity contribution is 0.0712. The third kappa shape index (κ3) is 2.74. The first-order valence-corrected chi connectivity index (χ1v) is 8.48. The summed E-state index contributed by atoms with van der Waals surface area (Å²) in [6.07, 6.45) is 1.57. The number of rotatable bonds is 2. The van der Waals surface area contributed by atoms with E-state index in [9.17, 15) is 4.79 Å². The SMILES string of the molecule is CN(C)c1nc2sc(C(=O)N3CCC(C#N)CC3)cc2s1. The zero-order valence-electron chi connectivity index (χ0n) is 12.0. The van der Waals surface area contributed by atoms with Crippen molar-refractivity contribution in [3.05, 3.63) is 10.9 Å². The van der Waals surface area contributed by atoms with Crippen LogP contribution in [-0.2, 0) is 0 Å². The number of hydrogen-bond donors (Lipinski definition) is 0. The quantitative estimate of drug-likeness (QED) is 0.853. The van der Waals surface area contributed by atoms with Crippen LogP contribution in [-0.4, -0.2) is 43.0 Å². The third-order valence-electron chi connectivity index (χ3n) is 3.64. The van der Waals surface area contributed by atoms with Crippen LogP contribution in [0.1, 0.15) is 22.5 Å². The number of amides is 1. The van der Waals surface area contributed by atoms with E-state index < -0.39 is 0 Å². The van der Waals surface area contributed by atoms with Crippen LogP contribution < -0.4 is 4.90 Å². The molecule has 0 bridgehead atoms. The molecular weight excluding hydrogens is 304 g/mol. The minimum Gasteiger partial charge on any atom is -0.354 e. The van der Waals surface area contributed by atoms with Crippen LogP contribution in [0.3, 0.4) is 0 Å². The van der Waals surface area contributed by atoms with Gasteiger partial charge in [-0.3, -0.25) is 4.79 Å². The highest BCUT2D eigenvalue weighted by Crippen LogP contribution is 2.34. The van der Waals surface area contributed by atoms with Crippen molar-refractivity contribution in [3.63, 3.8) is 0 Å². The summed E-state index contributed by atoms with van der Waals surface area (Å²) in [5, 5.41) is 9.87. The average Bonchev–Trinajstić information content (AvgIpc) is 3.05. The van der Waals surface area contributed by atoms with Crippen LogP contribution in [0.5, 0.6) is 0 Å². The van der Waals surface area contributed by atoms with Gasteiger partial charge in [0.05, 0.1) is 15.6 Å². The van der Waals surface area contributed by atoms with Gasteiger partial charge in [0.2, 0.25) is 0 Å². The molecule has 0 aliphatic carbocycles. The number of aromatic nitrogens is 1. The van der Waals surface area contributed by atoms with Crippen molar-refractivity contribution in [2.24, 2.45) is 5.92 Å². The molecule has 1 fully saturated rings. The molecule has 1 amide bonds. The summed E-state index contributed by atoms with van der Waals surface area (Å²) in [5.41, 5.74) is 0.